The number of ether oxygens (including phenoxy) is 2. The van der Waals surface area contributed by atoms with Crippen LogP contribution < -0.4 is 0 Å². The van der Waals surface area contributed by atoms with Gasteiger partial charge < -0.3 is 14.4 Å². The van der Waals surface area contributed by atoms with E-state index in [0.29, 0.717) is 19.5 Å². The van der Waals surface area contributed by atoms with Crippen molar-refractivity contribution >= 4 is 12.1 Å². The number of benzene rings is 1. The van der Waals surface area contributed by atoms with Crippen LogP contribution in [0.3, 0.4) is 0 Å². The zero-order valence-corrected chi connectivity index (χ0v) is 15.9. The molecule has 1 unspecified atom stereocenters. The molecule has 0 saturated carbocycles. The molecular weight excluding hydrogens is 318 g/mol. The Morgan fingerprint density at radius 2 is 1.84 bits per heavy atom. The number of esters is 1. The Morgan fingerprint density at radius 1 is 1.20 bits per heavy atom. The number of carbonyl (C=O) groups is 2. The summed E-state index contributed by atoms with van der Waals surface area (Å²) in [6.45, 7) is 10.8. The average molecular weight is 347 g/mol. The van der Waals surface area contributed by atoms with Gasteiger partial charge in [0.1, 0.15) is 12.2 Å². The summed E-state index contributed by atoms with van der Waals surface area (Å²) in [6, 6.07) is 9.65. The van der Waals surface area contributed by atoms with Crippen LogP contribution in [-0.4, -0.2) is 35.7 Å². The highest BCUT2D eigenvalue weighted by Gasteiger charge is 2.43. The minimum Gasteiger partial charge on any atom is -0.461 e. The van der Waals surface area contributed by atoms with Crippen molar-refractivity contribution in [3.63, 3.8) is 0 Å². The minimum absolute atomic E-state index is 0.197. The highest BCUT2D eigenvalue weighted by molar-refractivity contribution is 5.74. The quantitative estimate of drug-likeness (QED) is 0.775. The number of hydrogen-bond acceptors (Lipinski definition) is 4. The molecule has 2 rings (SSSR count). The van der Waals surface area contributed by atoms with E-state index in [2.05, 4.69) is 0 Å². The number of rotatable bonds is 3. The lowest BCUT2D eigenvalue weighted by Crippen LogP contribution is -2.51. The van der Waals surface area contributed by atoms with Crippen molar-refractivity contribution in [3.8, 4) is 0 Å². The smallest absolute Gasteiger partial charge is 0.410 e. The van der Waals surface area contributed by atoms with Crippen molar-refractivity contribution in [1.29, 1.82) is 0 Å². The molecule has 138 valence electrons. The van der Waals surface area contributed by atoms with Crippen LogP contribution in [0.5, 0.6) is 0 Å². The Kier molecular flexibility index (Phi) is 5.76. The van der Waals surface area contributed by atoms with Gasteiger partial charge in [0.25, 0.3) is 0 Å². The summed E-state index contributed by atoms with van der Waals surface area (Å²) in [6.07, 6.45) is 0.261. The minimum atomic E-state index is -0.521. The maximum Gasteiger partial charge on any atom is 0.410 e. The van der Waals surface area contributed by atoms with Crippen LogP contribution >= 0.6 is 0 Å². The first-order valence-corrected chi connectivity index (χ1v) is 8.77. The van der Waals surface area contributed by atoms with Gasteiger partial charge in [-0.2, -0.15) is 0 Å². The van der Waals surface area contributed by atoms with Crippen LogP contribution in [0.2, 0.25) is 0 Å². The predicted molar refractivity (Wildman–Crippen MR) is 95.9 cm³/mol. The van der Waals surface area contributed by atoms with E-state index in [9.17, 15) is 9.59 Å². The van der Waals surface area contributed by atoms with Crippen LogP contribution in [-0.2, 0) is 20.9 Å². The van der Waals surface area contributed by atoms with Gasteiger partial charge in [-0.1, -0.05) is 44.2 Å². The third kappa shape index (κ3) is 5.48. The highest BCUT2D eigenvalue weighted by Crippen LogP contribution is 2.36. The molecular formula is C20H29NO4. The van der Waals surface area contributed by atoms with Crippen molar-refractivity contribution in [2.24, 2.45) is 11.3 Å². The summed E-state index contributed by atoms with van der Waals surface area (Å²) < 4.78 is 10.9. The van der Waals surface area contributed by atoms with Gasteiger partial charge in [0.15, 0.2) is 0 Å². The molecule has 0 radical (unpaired) electrons. The third-order valence-corrected chi connectivity index (χ3v) is 4.39. The van der Waals surface area contributed by atoms with Crippen molar-refractivity contribution in [2.45, 2.75) is 53.2 Å². The van der Waals surface area contributed by atoms with Crippen molar-refractivity contribution in [2.75, 3.05) is 13.1 Å². The van der Waals surface area contributed by atoms with Crippen molar-refractivity contribution in [3.05, 3.63) is 35.9 Å². The molecule has 0 spiro atoms. The lowest BCUT2D eigenvalue weighted by Gasteiger charge is -2.43. The first-order valence-electron chi connectivity index (χ1n) is 8.77. The molecule has 1 saturated heterocycles. The molecule has 1 heterocycles. The number of amides is 1. The summed E-state index contributed by atoms with van der Waals surface area (Å²) >= 11 is 0. The van der Waals surface area contributed by atoms with Crippen LogP contribution in [0.15, 0.2) is 30.3 Å². The molecule has 1 aliphatic rings. The number of hydrogen-bond donors (Lipinski definition) is 0. The summed E-state index contributed by atoms with van der Waals surface area (Å²) in [5.41, 5.74) is 0.0927. The second-order valence-electron chi connectivity index (χ2n) is 8.33. The summed E-state index contributed by atoms with van der Waals surface area (Å²) in [5, 5.41) is 0. The number of carbonyl (C=O) groups excluding carboxylic acids is 2. The largest absolute Gasteiger partial charge is 0.461 e. The fourth-order valence-corrected chi connectivity index (χ4v) is 3.11. The first kappa shape index (κ1) is 19.3. The van der Waals surface area contributed by atoms with E-state index >= 15 is 0 Å². The second-order valence-corrected chi connectivity index (χ2v) is 8.33. The lowest BCUT2D eigenvalue weighted by molar-refractivity contribution is -0.157. The normalized spacial score (nSPS) is 20.0. The Bertz CT molecular complexity index is 604. The van der Waals surface area contributed by atoms with E-state index in [-0.39, 0.29) is 30.0 Å². The van der Waals surface area contributed by atoms with Crippen LogP contribution in [0, 0.1) is 11.3 Å². The zero-order chi connectivity index (χ0) is 18.7. The van der Waals surface area contributed by atoms with Crippen LogP contribution in [0.4, 0.5) is 4.79 Å². The van der Waals surface area contributed by atoms with Gasteiger partial charge in [-0.25, -0.2) is 4.79 Å². The third-order valence-electron chi connectivity index (χ3n) is 4.39. The molecule has 1 amide bonds. The fraction of sp³-hybridized carbons (Fsp3) is 0.600. The van der Waals surface area contributed by atoms with Crippen LogP contribution in [0.1, 0.15) is 46.6 Å². The number of piperidine rings is 1. The maximum atomic E-state index is 12.5. The van der Waals surface area contributed by atoms with Gasteiger partial charge in [-0.05, 0) is 38.2 Å². The maximum absolute atomic E-state index is 12.5. The predicted octanol–water partition coefficient (Wildman–Crippen LogP) is 4.01. The fourth-order valence-electron chi connectivity index (χ4n) is 3.11. The standard InChI is InChI=1S/C20H29NO4/c1-19(2,3)25-18(23)21-12-11-16(20(4,5)14-21)17(22)24-13-15-9-7-6-8-10-15/h6-10,16H,11-14H2,1-5H3. The topological polar surface area (TPSA) is 55.8 Å². The Balaban J connectivity index is 1.93. The van der Waals surface area contributed by atoms with E-state index in [1.54, 1.807) is 4.90 Å². The SMILES string of the molecule is CC(C)(C)OC(=O)N1CCC(C(=O)OCc2ccccc2)C(C)(C)C1. The summed E-state index contributed by atoms with van der Waals surface area (Å²) in [5.74, 6) is -0.424. The van der Waals surface area contributed by atoms with Gasteiger partial charge in [-0.15, -0.1) is 0 Å². The molecule has 1 fully saturated rings. The molecule has 1 atom stereocenters. The van der Waals surface area contributed by atoms with Gasteiger partial charge in [-0.3, -0.25) is 4.79 Å². The van der Waals surface area contributed by atoms with Crippen LogP contribution in [0.25, 0.3) is 0 Å². The number of nitrogens with zero attached hydrogens (tertiary/aromatic N) is 1. The zero-order valence-electron chi connectivity index (χ0n) is 15.9. The second kappa shape index (κ2) is 7.46. The summed E-state index contributed by atoms with van der Waals surface area (Å²) in [4.78, 5) is 26.5. The first-order chi connectivity index (χ1) is 11.6. The van der Waals surface area contributed by atoms with E-state index in [4.69, 9.17) is 9.47 Å². The van der Waals surface area contributed by atoms with E-state index < -0.39 is 5.60 Å². The van der Waals surface area contributed by atoms with Crippen molar-refractivity contribution < 1.29 is 19.1 Å². The Labute approximate surface area is 150 Å². The molecule has 0 aliphatic carbocycles. The monoisotopic (exact) mass is 347 g/mol. The molecule has 1 aliphatic heterocycles. The molecule has 25 heavy (non-hydrogen) atoms. The van der Waals surface area contributed by atoms with E-state index in [1.165, 1.54) is 0 Å². The Morgan fingerprint density at radius 3 is 2.40 bits per heavy atom. The van der Waals surface area contributed by atoms with E-state index in [1.807, 2.05) is 65.0 Å². The number of likely N-dealkylation sites (tertiary alicyclic amines) is 1. The van der Waals surface area contributed by atoms with Gasteiger partial charge >= 0.3 is 12.1 Å². The molecule has 1 aromatic carbocycles. The van der Waals surface area contributed by atoms with Gasteiger partial charge in [0.2, 0.25) is 0 Å². The molecule has 5 heteroatoms. The molecule has 0 aromatic heterocycles. The average Bonchev–Trinajstić information content (AvgIpc) is 2.51. The molecule has 1 aromatic rings. The highest BCUT2D eigenvalue weighted by atomic mass is 16.6. The van der Waals surface area contributed by atoms with Crippen molar-refractivity contribution in [1.82, 2.24) is 4.90 Å². The van der Waals surface area contributed by atoms with Gasteiger partial charge in [0.05, 0.1) is 5.92 Å². The molecule has 0 bridgehead atoms. The summed E-state index contributed by atoms with van der Waals surface area (Å²) in [7, 11) is 0. The van der Waals surface area contributed by atoms with E-state index in [0.717, 1.165) is 5.56 Å². The van der Waals surface area contributed by atoms with Gasteiger partial charge in [0, 0.05) is 13.1 Å². The molecule has 0 N–H and O–H groups in total. The molecule has 5 nitrogen and oxygen atoms in total. The lowest BCUT2D eigenvalue weighted by atomic mass is 9.74. The Hall–Kier alpha value is -2.04.